The topological polar surface area (TPSA) is 32.3 Å². The minimum absolute atomic E-state index is 0.239. The molecular weight excluding hydrogens is 188 g/mol. The first-order valence-electron chi connectivity index (χ1n) is 5.39. The molecule has 1 N–H and O–H groups in total. The van der Waals surface area contributed by atoms with Gasteiger partial charge in [0.2, 0.25) is 5.91 Å². The molecule has 0 atom stereocenters. The average molecular weight is 204 g/mol. The highest BCUT2D eigenvalue weighted by atomic mass is 16.2. The lowest BCUT2D eigenvalue weighted by Gasteiger charge is -2.27. The fourth-order valence-corrected chi connectivity index (χ4v) is 1.80. The molecule has 0 unspecified atom stereocenters. The summed E-state index contributed by atoms with van der Waals surface area (Å²) in [5, 5.41) is 3.24. The van der Waals surface area contributed by atoms with Crippen molar-refractivity contribution >= 4 is 5.91 Å². The van der Waals surface area contributed by atoms with Crippen LogP contribution in [0, 0.1) is 0 Å². The number of nitrogens with zero attached hydrogens (tertiary/aromatic N) is 1. The van der Waals surface area contributed by atoms with Gasteiger partial charge in [-0.3, -0.25) is 4.79 Å². The molecule has 0 spiro atoms. The van der Waals surface area contributed by atoms with E-state index in [1.54, 1.807) is 0 Å². The summed E-state index contributed by atoms with van der Waals surface area (Å²) in [7, 11) is 0. The highest BCUT2D eigenvalue weighted by molar-refractivity contribution is 5.78. The number of carbonyl (C=O) groups is 1. The number of hydrogen-bond donors (Lipinski definition) is 1. The Kier molecular flexibility index (Phi) is 3.35. The third kappa shape index (κ3) is 2.80. The minimum Gasteiger partial charge on any atom is -0.340 e. The van der Waals surface area contributed by atoms with Gasteiger partial charge in [0.1, 0.15) is 0 Å². The van der Waals surface area contributed by atoms with Crippen LogP contribution in [0.25, 0.3) is 0 Å². The Hall–Kier alpha value is -1.35. The van der Waals surface area contributed by atoms with E-state index in [4.69, 9.17) is 0 Å². The molecule has 1 aromatic carbocycles. The molecule has 0 saturated carbocycles. The number of hydrogen-bond acceptors (Lipinski definition) is 2. The van der Waals surface area contributed by atoms with Gasteiger partial charge < -0.3 is 10.2 Å². The van der Waals surface area contributed by atoms with Crippen LogP contribution in [0.15, 0.2) is 30.3 Å². The van der Waals surface area contributed by atoms with E-state index in [2.05, 4.69) is 5.32 Å². The zero-order valence-corrected chi connectivity index (χ0v) is 8.78. The van der Waals surface area contributed by atoms with E-state index in [0.717, 1.165) is 31.7 Å². The molecule has 15 heavy (non-hydrogen) atoms. The molecule has 0 bridgehead atoms. The van der Waals surface area contributed by atoms with Gasteiger partial charge in [-0.25, -0.2) is 0 Å². The predicted octanol–water partition coefficient (Wildman–Crippen LogP) is 0.661. The van der Waals surface area contributed by atoms with Crippen molar-refractivity contribution in [3.63, 3.8) is 0 Å². The van der Waals surface area contributed by atoms with Crippen LogP contribution in [0.2, 0.25) is 0 Å². The van der Waals surface area contributed by atoms with Crippen molar-refractivity contribution in [1.29, 1.82) is 0 Å². The van der Waals surface area contributed by atoms with Gasteiger partial charge in [0, 0.05) is 26.2 Å². The smallest absolute Gasteiger partial charge is 0.227 e. The molecule has 0 radical (unpaired) electrons. The van der Waals surface area contributed by atoms with Crippen molar-refractivity contribution in [3.8, 4) is 0 Å². The quantitative estimate of drug-likeness (QED) is 0.767. The number of amides is 1. The first kappa shape index (κ1) is 10.2. The number of rotatable bonds is 2. The standard InChI is InChI=1S/C12H16N2O/c15-12(14-8-6-13-7-9-14)10-11-4-2-1-3-5-11/h1-5,13H,6-10H2. The summed E-state index contributed by atoms with van der Waals surface area (Å²) in [4.78, 5) is 13.8. The molecule has 3 nitrogen and oxygen atoms in total. The Bertz CT molecular complexity index is 318. The highest BCUT2D eigenvalue weighted by Crippen LogP contribution is 2.03. The summed E-state index contributed by atoms with van der Waals surface area (Å²) < 4.78 is 0. The van der Waals surface area contributed by atoms with Crippen molar-refractivity contribution in [2.45, 2.75) is 6.42 Å². The number of piperazine rings is 1. The lowest BCUT2D eigenvalue weighted by Crippen LogP contribution is -2.46. The third-order valence-electron chi connectivity index (χ3n) is 2.67. The second kappa shape index (κ2) is 4.94. The van der Waals surface area contributed by atoms with E-state index in [-0.39, 0.29) is 5.91 Å². The maximum atomic E-state index is 11.9. The molecule has 1 amide bonds. The lowest BCUT2D eigenvalue weighted by molar-refractivity contribution is -0.131. The Labute approximate surface area is 90.1 Å². The van der Waals surface area contributed by atoms with Crippen LogP contribution in [0.1, 0.15) is 5.56 Å². The van der Waals surface area contributed by atoms with Crippen LogP contribution >= 0.6 is 0 Å². The molecule has 1 heterocycles. The monoisotopic (exact) mass is 204 g/mol. The van der Waals surface area contributed by atoms with Gasteiger partial charge in [0.05, 0.1) is 6.42 Å². The van der Waals surface area contributed by atoms with Gasteiger partial charge in [0.15, 0.2) is 0 Å². The van der Waals surface area contributed by atoms with Crippen LogP contribution < -0.4 is 5.32 Å². The van der Waals surface area contributed by atoms with Crippen molar-refractivity contribution in [2.75, 3.05) is 26.2 Å². The lowest BCUT2D eigenvalue weighted by atomic mass is 10.1. The van der Waals surface area contributed by atoms with E-state index in [9.17, 15) is 4.79 Å². The van der Waals surface area contributed by atoms with Crippen LogP contribution in [0.4, 0.5) is 0 Å². The summed E-state index contributed by atoms with van der Waals surface area (Å²) in [6.07, 6.45) is 0.529. The maximum absolute atomic E-state index is 11.9. The molecule has 1 aliphatic rings. The van der Waals surface area contributed by atoms with Crippen LogP contribution in [-0.2, 0) is 11.2 Å². The highest BCUT2D eigenvalue weighted by Gasteiger charge is 2.15. The summed E-state index contributed by atoms with van der Waals surface area (Å²) >= 11 is 0. The molecule has 1 saturated heterocycles. The summed E-state index contributed by atoms with van der Waals surface area (Å²) in [5.74, 6) is 0.239. The molecule has 0 aromatic heterocycles. The zero-order chi connectivity index (χ0) is 10.5. The molecule has 2 rings (SSSR count). The van der Waals surface area contributed by atoms with E-state index in [1.807, 2.05) is 35.2 Å². The second-order valence-corrected chi connectivity index (χ2v) is 3.79. The molecule has 0 aliphatic carbocycles. The van der Waals surface area contributed by atoms with Gasteiger partial charge in [-0.15, -0.1) is 0 Å². The molecule has 1 aromatic rings. The van der Waals surface area contributed by atoms with Gasteiger partial charge in [-0.1, -0.05) is 30.3 Å². The first-order valence-corrected chi connectivity index (χ1v) is 5.39. The average Bonchev–Trinajstić information content (AvgIpc) is 2.31. The summed E-state index contributed by atoms with van der Waals surface area (Å²) in [6.45, 7) is 3.51. The Morgan fingerprint density at radius 2 is 1.87 bits per heavy atom. The Balaban J connectivity index is 1.91. The third-order valence-corrected chi connectivity index (χ3v) is 2.67. The molecule has 1 aliphatic heterocycles. The van der Waals surface area contributed by atoms with Gasteiger partial charge >= 0.3 is 0 Å². The number of carbonyl (C=O) groups excluding carboxylic acids is 1. The maximum Gasteiger partial charge on any atom is 0.227 e. The largest absolute Gasteiger partial charge is 0.340 e. The number of nitrogens with one attached hydrogen (secondary N) is 1. The zero-order valence-electron chi connectivity index (χ0n) is 8.78. The second-order valence-electron chi connectivity index (χ2n) is 3.79. The fourth-order valence-electron chi connectivity index (χ4n) is 1.80. The molecule has 80 valence electrons. The Morgan fingerprint density at radius 1 is 1.20 bits per heavy atom. The van der Waals surface area contributed by atoms with Crippen LogP contribution in [0.5, 0.6) is 0 Å². The van der Waals surface area contributed by atoms with Crippen molar-refractivity contribution in [2.24, 2.45) is 0 Å². The molecular formula is C12H16N2O. The van der Waals surface area contributed by atoms with E-state index in [1.165, 1.54) is 0 Å². The van der Waals surface area contributed by atoms with Gasteiger partial charge in [-0.2, -0.15) is 0 Å². The number of benzene rings is 1. The fraction of sp³-hybridized carbons (Fsp3) is 0.417. The molecule has 3 heteroatoms. The van der Waals surface area contributed by atoms with Crippen LogP contribution in [0.3, 0.4) is 0 Å². The SMILES string of the molecule is O=C(Cc1ccccc1)N1CCNCC1. The van der Waals surface area contributed by atoms with Crippen molar-refractivity contribution in [1.82, 2.24) is 10.2 Å². The molecule has 1 fully saturated rings. The normalized spacial score (nSPS) is 16.4. The minimum atomic E-state index is 0.239. The van der Waals surface area contributed by atoms with Gasteiger partial charge in [0.25, 0.3) is 0 Å². The summed E-state index contributed by atoms with van der Waals surface area (Å²) in [6, 6.07) is 9.92. The van der Waals surface area contributed by atoms with E-state index in [0.29, 0.717) is 6.42 Å². The Morgan fingerprint density at radius 3 is 2.53 bits per heavy atom. The summed E-state index contributed by atoms with van der Waals surface area (Å²) in [5.41, 5.74) is 1.10. The van der Waals surface area contributed by atoms with Crippen LogP contribution in [-0.4, -0.2) is 37.0 Å². The first-order chi connectivity index (χ1) is 7.36. The van der Waals surface area contributed by atoms with E-state index >= 15 is 0 Å². The van der Waals surface area contributed by atoms with Gasteiger partial charge in [-0.05, 0) is 5.56 Å². The van der Waals surface area contributed by atoms with E-state index < -0.39 is 0 Å². The van der Waals surface area contributed by atoms with Crippen molar-refractivity contribution < 1.29 is 4.79 Å². The predicted molar refractivity (Wildman–Crippen MR) is 59.6 cm³/mol. The van der Waals surface area contributed by atoms with Crippen molar-refractivity contribution in [3.05, 3.63) is 35.9 Å².